The highest BCUT2D eigenvalue weighted by atomic mass is 28.3. The molecule has 116 valence electrons. The lowest BCUT2D eigenvalue weighted by Crippen LogP contribution is -2.13. The van der Waals surface area contributed by atoms with Crippen LogP contribution in [0.3, 0.4) is 0 Å². The molecule has 1 heteroatoms. The predicted octanol–water partition coefficient (Wildman–Crippen LogP) is 6.52. The Morgan fingerprint density at radius 2 is 0.789 bits per heavy atom. The van der Waals surface area contributed by atoms with E-state index >= 15 is 0 Å². The maximum atomic E-state index is 2.37. The van der Waals surface area contributed by atoms with Crippen LogP contribution < -0.4 is 0 Å². The van der Waals surface area contributed by atoms with E-state index in [0.717, 1.165) is 17.8 Å². The van der Waals surface area contributed by atoms with E-state index in [0.29, 0.717) is 0 Å². The fourth-order valence-corrected chi connectivity index (χ4v) is 6.18. The van der Waals surface area contributed by atoms with E-state index in [2.05, 4.69) is 41.5 Å². The van der Waals surface area contributed by atoms with E-state index in [4.69, 9.17) is 0 Å². The zero-order chi connectivity index (χ0) is 14.7. The lowest BCUT2D eigenvalue weighted by molar-refractivity contribution is 0.558. The SMILES string of the molecule is CC(C)CCC[SiH](CCCC(C)C)CCCC(C)C. The van der Waals surface area contributed by atoms with E-state index in [-0.39, 0.29) is 0 Å². The molecule has 0 bridgehead atoms. The van der Waals surface area contributed by atoms with E-state index in [1.54, 1.807) is 18.1 Å². The van der Waals surface area contributed by atoms with Gasteiger partial charge in [-0.3, -0.25) is 0 Å². The summed E-state index contributed by atoms with van der Waals surface area (Å²) in [5.41, 5.74) is 0. The van der Waals surface area contributed by atoms with Crippen LogP contribution in [0.5, 0.6) is 0 Å². The summed E-state index contributed by atoms with van der Waals surface area (Å²) in [5.74, 6) is 2.71. The maximum Gasteiger partial charge on any atom is 0.0367 e. The summed E-state index contributed by atoms with van der Waals surface area (Å²) >= 11 is 0. The van der Waals surface area contributed by atoms with Crippen molar-refractivity contribution in [1.82, 2.24) is 0 Å². The molecule has 0 aliphatic heterocycles. The first-order valence-corrected chi connectivity index (χ1v) is 11.4. The zero-order valence-electron chi connectivity index (χ0n) is 14.7. The third-order valence-electron chi connectivity index (χ3n) is 4.18. The number of rotatable bonds is 12. The van der Waals surface area contributed by atoms with Crippen LogP contribution in [0.25, 0.3) is 0 Å². The highest BCUT2D eigenvalue weighted by Gasteiger charge is 2.11. The van der Waals surface area contributed by atoms with Gasteiger partial charge in [-0.1, -0.05) is 98.2 Å². The Labute approximate surface area is 125 Å². The van der Waals surface area contributed by atoms with Gasteiger partial charge in [0.1, 0.15) is 0 Å². The smallest absolute Gasteiger partial charge is 0.0367 e. The Morgan fingerprint density at radius 1 is 0.526 bits per heavy atom. The summed E-state index contributed by atoms with van der Waals surface area (Å²) < 4.78 is 0. The Hall–Kier alpha value is 0.217. The van der Waals surface area contributed by atoms with Crippen molar-refractivity contribution >= 4 is 8.80 Å². The van der Waals surface area contributed by atoms with Crippen molar-refractivity contribution in [3.8, 4) is 0 Å². The molecular weight excluding hydrogens is 244 g/mol. The second kappa shape index (κ2) is 12.0. The summed E-state index contributed by atoms with van der Waals surface area (Å²) in [4.78, 5) is 0. The summed E-state index contributed by atoms with van der Waals surface area (Å²) in [6.45, 7) is 14.2. The summed E-state index contributed by atoms with van der Waals surface area (Å²) in [6.07, 6.45) is 8.90. The Kier molecular flexibility index (Phi) is 12.1. The molecule has 0 saturated carbocycles. The minimum atomic E-state index is -0.410. The van der Waals surface area contributed by atoms with Crippen molar-refractivity contribution in [3.63, 3.8) is 0 Å². The van der Waals surface area contributed by atoms with Gasteiger partial charge < -0.3 is 0 Å². The maximum absolute atomic E-state index is 2.37. The second-order valence-corrected chi connectivity index (χ2v) is 11.3. The molecule has 0 spiro atoms. The first-order valence-electron chi connectivity index (χ1n) is 8.91. The standard InChI is InChI=1S/C18H40Si/c1-16(2)10-7-13-19(14-8-11-17(3)4)15-9-12-18(5)6/h16-19H,7-15H2,1-6H3. The average molecular weight is 285 g/mol. The molecule has 0 aromatic heterocycles. The minimum Gasteiger partial charge on any atom is -0.0628 e. The fraction of sp³-hybridized carbons (Fsp3) is 1.00. The van der Waals surface area contributed by atoms with Gasteiger partial charge in [-0.15, -0.1) is 0 Å². The van der Waals surface area contributed by atoms with Crippen molar-refractivity contribution in [1.29, 1.82) is 0 Å². The monoisotopic (exact) mass is 284 g/mol. The molecule has 0 unspecified atom stereocenters. The molecule has 0 heterocycles. The van der Waals surface area contributed by atoms with Crippen molar-refractivity contribution in [3.05, 3.63) is 0 Å². The van der Waals surface area contributed by atoms with Crippen LogP contribution in [0, 0.1) is 17.8 Å². The minimum absolute atomic E-state index is 0.410. The Bertz CT molecular complexity index is 151. The van der Waals surface area contributed by atoms with Crippen molar-refractivity contribution in [2.24, 2.45) is 17.8 Å². The lowest BCUT2D eigenvalue weighted by Gasteiger charge is -2.17. The van der Waals surface area contributed by atoms with E-state index in [1.165, 1.54) is 38.5 Å². The van der Waals surface area contributed by atoms with Crippen LogP contribution in [-0.4, -0.2) is 8.80 Å². The highest BCUT2D eigenvalue weighted by molar-refractivity contribution is 6.58. The van der Waals surface area contributed by atoms with Gasteiger partial charge in [0.25, 0.3) is 0 Å². The predicted molar refractivity (Wildman–Crippen MR) is 93.8 cm³/mol. The summed E-state index contributed by atoms with van der Waals surface area (Å²) in [5, 5.41) is 0. The van der Waals surface area contributed by atoms with E-state index in [1.807, 2.05) is 0 Å². The molecule has 0 aliphatic rings. The second-order valence-electron chi connectivity index (χ2n) is 7.84. The van der Waals surface area contributed by atoms with E-state index < -0.39 is 8.80 Å². The van der Waals surface area contributed by atoms with Gasteiger partial charge in [0.15, 0.2) is 0 Å². The normalized spacial score (nSPS) is 12.3. The van der Waals surface area contributed by atoms with Gasteiger partial charge in [-0.05, 0) is 17.8 Å². The molecule has 0 saturated heterocycles. The average Bonchev–Trinajstić information content (AvgIpc) is 2.26. The molecule has 0 radical (unpaired) electrons. The molecule has 0 aromatic carbocycles. The molecule has 0 aliphatic carbocycles. The molecule has 0 aromatic rings. The van der Waals surface area contributed by atoms with E-state index in [9.17, 15) is 0 Å². The summed E-state index contributed by atoms with van der Waals surface area (Å²) in [6, 6.07) is 4.86. The Balaban J connectivity index is 3.85. The number of hydrogen-bond donors (Lipinski definition) is 0. The van der Waals surface area contributed by atoms with Gasteiger partial charge in [0.05, 0.1) is 0 Å². The summed E-state index contributed by atoms with van der Waals surface area (Å²) in [7, 11) is -0.410. The molecular formula is C18H40Si. The third kappa shape index (κ3) is 14.4. The van der Waals surface area contributed by atoms with Crippen LogP contribution in [0.2, 0.25) is 18.1 Å². The Morgan fingerprint density at radius 3 is 1.00 bits per heavy atom. The van der Waals surface area contributed by atoms with Crippen LogP contribution in [0.1, 0.15) is 80.1 Å². The number of hydrogen-bond acceptors (Lipinski definition) is 0. The molecule has 0 amide bonds. The van der Waals surface area contributed by atoms with Gasteiger partial charge in [-0.2, -0.15) is 0 Å². The molecule has 0 nitrogen and oxygen atoms in total. The zero-order valence-corrected chi connectivity index (χ0v) is 15.8. The van der Waals surface area contributed by atoms with Crippen LogP contribution in [0.4, 0.5) is 0 Å². The van der Waals surface area contributed by atoms with Gasteiger partial charge in [0, 0.05) is 8.80 Å². The van der Waals surface area contributed by atoms with Crippen LogP contribution in [-0.2, 0) is 0 Å². The topological polar surface area (TPSA) is 0 Å². The molecule has 0 atom stereocenters. The first-order chi connectivity index (χ1) is 8.91. The van der Waals surface area contributed by atoms with Gasteiger partial charge in [-0.25, -0.2) is 0 Å². The first kappa shape index (κ1) is 19.2. The van der Waals surface area contributed by atoms with Crippen LogP contribution >= 0.6 is 0 Å². The van der Waals surface area contributed by atoms with Crippen molar-refractivity contribution in [2.75, 3.05) is 0 Å². The largest absolute Gasteiger partial charge is 0.0628 e. The quantitative estimate of drug-likeness (QED) is 0.358. The van der Waals surface area contributed by atoms with Crippen LogP contribution in [0.15, 0.2) is 0 Å². The lowest BCUT2D eigenvalue weighted by atomic mass is 10.1. The third-order valence-corrected chi connectivity index (χ3v) is 7.86. The van der Waals surface area contributed by atoms with Gasteiger partial charge >= 0.3 is 0 Å². The highest BCUT2D eigenvalue weighted by Crippen LogP contribution is 2.20. The van der Waals surface area contributed by atoms with Crippen molar-refractivity contribution in [2.45, 2.75) is 98.2 Å². The molecule has 0 rings (SSSR count). The fourth-order valence-electron chi connectivity index (χ4n) is 2.88. The van der Waals surface area contributed by atoms with Crippen molar-refractivity contribution < 1.29 is 0 Å². The molecule has 19 heavy (non-hydrogen) atoms. The molecule has 0 N–H and O–H groups in total. The molecule has 0 fully saturated rings. The van der Waals surface area contributed by atoms with Gasteiger partial charge in [0.2, 0.25) is 0 Å².